The lowest BCUT2D eigenvalue weighted by molar-refractivity contribution is -0.135. The van der Waals surface area contributed by atoms with Gasteiger partial charge in [-0.1, -0.05) is 13.3 Å². The molecule has 0 aromatic rings. The van der Waals surface area contributed by atoms with Gasteiger partial charge in [0, 0.05) is 0 Å². The van der Waals surface area contributed by atoms with Gasteiger partial charge in [0.2, 0.25) is 0 Å². The number of aliphatic carboxylic acids is 1. The number of rotatable bonds is 5. The van der Waals surface area contributed by atoms with Gasteiger partial charge in [-0.15, -0.1) is 0 Å². The van der Waals surface area contributed by atoms with E-state index < -0.39 is 15.7 Å². The number of urea groups is 1. The normalized spacial score (nSPS) is 10.1. The molecule has 5 nitrogen and oxygen atoms in total. The Bertz CT molecular complexity index is 163. The first-order valence-electron chi connectivity index (χ1n) is 3.90. The predicted molar refractivity (Wildman–Crippen MR) is 47.8 cm³/mol. The van der Waals surface area contributed by atoms with Crippen LogP contribution in [0.3, 0.4) is 0 Å². The lowest BCUT2D eigenvalue weighted by atomic mass is 10.6. The van der Waals surface area contributed by atoms with E-state index in [2.05, 4.69) is 10.3 Å². The summed E-state index contributed by atoms with van der Waals surface area (Å²) in [4.78, 5) is 23.4. The number of carboxylic acids is 1. The maximum atomic E-state index is 10.8. The van der Waals surface area contributed by atoms with Crippen LogP contribution in [0.4, 0.5) is 4.79 Å². The number of nitrogens with one attached hydrogen (secondary N) is 2. The maximum Gasteiger partial charge on any atom is 0.323 e. The second-order valence-electron chi connectivity index (χ2n) is 2.36. The van der Waals surface area contributed by atoms with E-state index in [1.165, 1.54) is 0 Å². The molecule has 0 rings (SSSR count). The molecule has 0 saturated carbocycles. The van der Waals surface area contributed by atoms with Gasteiger partial charge in [0.1, 0.15) is 16.2 Å². The molecule has 0 aliphatic carbocycles. The highest BCUT2D eigenvalue weighted by Crippen LogP contribution is 1.81. The van der Waals surface area contributed by atoms with E-state index in [0.717, 1.165) is 12.5 Å². The van der Waals surface area contributed by atoms with Crippen molar-refractivity contribution in [2.45, 2.75) is 19.4 Å². The van der Waals surface area contributed by atoms with Gasteiger partial charge in [-0.25, -0.2) is 4.79 Å². The summed E-state index contributed by atoms with van der Waals surface area (Å²) in [5.74, 6) is -1.03. The number of hydrogen-bond donors (Lipinski definition) is 3. The quantitative estimate of drug-likeness (QED) is 0.395. The van der Waals surface area contributed by atoms with Gasteiger partial charge in [-0.05, 0) is 6.04 Å². The van der Waals surface area contributed by atoms with Crippen molar-refractivity contribution < 1.29 is 14.7 Å². The highest BCUT2D eigenvalue weighted by Gasteiger charge is 2.00. The molecular formula is C6H14N2O3Si. The molecule has 0 spiro atoms. The molecule has 0 fully saturated rings. The number of amides is 2. The van der Waals surface area contributed by atoms with Crippen LogP contribution in [0.1, 0.15) is 13.3 Å². The van der Waals surface area contributed by atoms with Gasteiger partial charge >= 0.3 is 12.0 Å². The molecule has 0 saturated heterocycles. The molecule has 0 aromatic carbocycles. The number of hydrogen-bond acceptors (Lipinski definition) is 2. The van der Waals surface area contributed by atoms with Crippen LogP contribution in [0.15, 0.2) is 0 Å². The minimum Gasteiger partial charge on any atom is -0.480 e. The molecule has 0 aromatic heterocycles. The molecule has 0 radical (unpaired) electrons. The Labute approximate surface area is 73.4 Å². The van der Waals surface area contributed by atoms with E-state index in [4.69, 9.17) is 5.11 Å². The molecule has 12 heavy (non-hydrogen) atoms. The SMILES string of the molecule is CCC[SiH2]NC(=O)NCC(=O)O. The fourth-order valence-corrected chi connectivity index (χ4v) is 1.48. The molecule has 0 aliphatic heterocycles. The molecule has 6 heteroatoms. The molecule has 0 heterocycles. The summed E-state index contributed by atoms with van der Waals surface area (Å²) in [5.41, 5.74) is 0. The third kappa shape index (κ3) is 7.07. The van der Waals surface area contributed by atoms with Crippen LogP contribution in [0.5, 0.6) is 0 Å². The summed E-state index contributed by atoms with van der Waals surface area (Å²) in [6, 6.07) is 0.679. The van der Waals surface area contributed by atoms with E-state index in [1.54, 1.807) is 0 Å². The summed E-state index contributed by atoms with van der Waals surface area (Å²) in [6.07, 6.45) is 1.06. The van der Waals surface area contributed by atoms with Gasteiger partial charge in [0.25, 0.3) is 0 Å². The third-order valence-corrected chi connectivity index (χ3v) is 2.85. The first-order chi connectivity index (χ1) is 5.66. The smallest absolute Gasteiger partial charge is 0.323 e. The molecule has 3 N–H and O–H groups in total. The molecule has 0 atom stereocenters. The van der Waals surface area contributed by atoms with Crippen molar-refractivity contribution in [2.24, 2.45) is 0 Å². The standard InChI is InChI=1S/C6H14N2O3Si/c1-2-3-12-8-6(11)7-4-5(9)10/h2-4,12H2,1H3,(H,9,10)(H2,7,8,11). The maximum absolute atomic E-state index is 10.8. The zero-order valence-electron chi connectivity index (χ0n) is 7.09. The Hall–Kier alpha value is -1.04. The van der Waals surface area contributed by atoms with Crippen LogP contribution >= 0.6 is 0 Å². The van der Waals surface area contributed by atoms with Gasteiger partial charge in [-0.2, -0.15) is 0 Å². The lowest BCUT2D eigenvalue weighted by Crippen LogP contribution is -2.40. The molecule has 0 aliphatic rings. The van der Waals surface area contributed by atoms with Crippen molar-refractivity contribution in [3.05, 3.63) is 0 Å². The van der Waals surface area contributed by atoms with Gasteiger partial charge < -0.3 is 15.4 Å². The monoisotopic (exact) mass is 190 g/mol. The van der Waals surface area contributed by atoms with Crippen molar-refractivity contribution >= 4 is 21.7 Å². The molecule has 2 amide bonds. The summed E-state index contributed by atoms with van der Waals surface area (Å²) >= 11 is 0. The van der Waals surface area contributed by atoms with Crippen LogP contribution in [0.25, 0.3) is 0 Å². The van der Waals surface area contributed by atoms with Crippen molar-refractivity contribution in [1.82, 2.24) is 10.3 Å². The number of carbonyl (C=O) groups is 2. The van der Waals surface area contributed by atoms with E-state index >= 15 is 0 Å². The van der Waals surface area contributed by atoms with Crippen LogP contribution in [-0.4, -0.2) is 33.3 Å². The van der Waals surface area contributed by atoms with E-state index in [9.17, 15) is 9.59 Å². The van der Waals surface area contributed by atoms with E-state index in [0.29, 0.717) is 0 Å². The van der Waals surface area contributed by atoms with Gasteiger partial charge in [-0.3, -0.25) is 4.79 Å². The number of carbonyl (C=O) groups excluding carboxylic acids is 1. The first-order valence-corrected chi connectivity index (χ1v) is 5.61. The molecular weight excluding hydrogens is 176 g/mol. The highest BCUT2D eigenvalue weighted by atomic mass is 28.2. The fourth-order valence-electron chi connectivity index (χ4n) is 0.597. The highest BCUT2D eigenvalue weighted by molar-refractivity contribution is 6.36. The Balaban J connectivity index is 3.28. The molecule has 0 unspecified atom stereocenters. The average Bonchev–Trinajstić information content (AvgIpc) is 2.01. The third-order valence-electron chi connectivity index (χ3n) is 1.22. The van der Waals surface area contributed by atoms with Gasteiger partial charge in [0.15, 0.2) is 0 Å². The minimum absolute atomic E-state index is 0.313. The van der Waals surface area contributed by atoms with Crippen molar-refractivity contribution in [3.8, 4) is 0 Å². The van der Waals surface area contributed by atoms with Crippen LogP contribution in [0.2, 0.25) is 6.04 Å². The largest absolute Gasteiger partial charge is 0.480 e. The Morgan fingerprint density at radius 3 is 2.67 bits per heavy atom. The average molecular weight is 190 g/mol. The topological polar surface area (TPSA) is 78.4 Å². The zero-order valence-corrected chi connectivity index (χ0v) is 8.51. The molecule has 0 bridgehead atoms. The minimum atomic E-state index is -1.03. The summed E-state index contributed by atoms with van der Waals surface area (Å²) in [7, 11) is -0.536. The summed E-state index contributed by atoms with van der Waals surface area (Å²) in [5, 5.41) is 10.4. The van der Waals surface area contributed by atoms with Crippen LogP contribution in [-0.2, 0) is 4.79 Å². The Morgan fingerprint density at radius 2 is 2.17 bits per heavy atom. The van der Waals surface area contributed by atoms with Crippen LogP contribution < -0.4 is 10.3 Å². The predicted octanol–water partition coefficient (Wildman–Crippen LogP) is -0.718. The van der Waals surface area contributed by atoms with E-state index in [-0.39, 0.29) is 12.6 Å². The van der Waals surface area contributed by atoms with Crippen molar-refractivity contribution in [2.75, 3.05) is 6.54 Å². The van der Waals surface area contributed by atoms with E-state index in [1.807, 2.05) is 6.92 Å². The molecule has 70 valence electrons. The Morgan fingerprint density at radius 1 is 1.50 bits per heavy atom. The lowest BCUT2D eigenvalue weighted by Gasteiger charge is -2.03. The number of carboxylic acid groups (broad SMARTS) is 1. The zero-order chi connectivity index (χ0) is 9.40. The van der Waals surface area contributed by atoms with Gasteiger partial charge in [0.05, 0.1) is 0 Å². The van der Waals surface area contributed by atoms with Crippen molar-refractivity contribution in [3.63, 3.8) is 0 Å². The second-order valence-corrected chi connectivity index (χ2v) is 3.92. The second kappa shape index (κ2) is 6.65. The van der Waals surface area contributed by atoms with Crippen LogP contribution in [0, 0.1) is 0 Å². The first kappa shape index (κ1) is 11.0. The Kier molecular flexibility index (Phi) is 6.08. The summed E-state index contributed by atoms with van der Waals surface area (Å²) in [6.45, 7) is 1.73. The fraction of sp³-hybridized carbons (Fsp3) is 0.667. The summed E-state index contributed by atoms with van der Waals surface area (Å²) < 4.78 is 0. The van der Waals surface area contributed by atoms with Crippen molar-refractivity contribution in [1.29, 1.82) is 0 Å².